The molecule has 0 saturated carbocycles. The third-order valence-electron chi connectivity index (χ3n) is 2.17. The number of hydrogen-bond donors (Lipinski definition) is 1. The van der Waals surface area contributed by atoms with E-state index in [1.807, 2.05) is 30.9 Å². The van der Waals surface area contributed by atoms with Crippen molar-refractivity contribution in [2.75, 3.05) is 11.5 Å². The second-order valence-corrected chi connectivity index (χ2v) is 4.91. The highest BCUT2D eigenvalue weighted by molar-refractivity contribution is 7.99. The third kappa shape index (κ3) is 3.45. The van der Waals surface area contributed by atoms with E-state index >= 15 is 0 Å². The summed E-state index contributed by atoms with van der Waals surface area (Å²) in [7, 11) is 0. The molecule has 17 heavy (non-hydrogen) atoms. The number of aryl methyl sites for hydroxylation is 3. The van der Waals surface area contributed by atoms with Gasteiger partial charge in [0.05, 0.1) is 12.7 Å². The highest BCUT2D eigenvalue weighted by atomic mass is 32.2. The van der Waals surface area contributed by atoms with Crippen LogP contribution in [0.4, 0.5) is 5.82 Å². The number of nitrogen functional groups attached to an aromatic ring is 1. The summed E-state index contributed by atoms with van der Waals surface area (Å²) in [6.45, 7) is 4.79. The minimum atomic E-state index is 0.523. The van der Waals surface area contributed by atoms with E-state index in [0.717, 1.165) is 23.1 Å². The SMILES string of the molecule is Cc1cnn(CCSc2nc(C)cc(N)n2)c1. The Morgan fingerprint density at radius 1 is 1.35 bits per heavy atom. The topological polar surface area (TPSA) is 69.6 Å². The van der Waals surface area contributed by atoms with Crippen LogP contribution in [0.1, 0.15) is 11.3 Å². The monoisotopic (exact) mass is 249 g/mol. The highest BCUT2D eigenvalue weighted by Crippen LogP contribution is 2.15. The average Bonchev–Trinajstić information content (AvgIpc) is 2.63. The standard InChI is InChI=1S/C11H15N5S/c1-8-6-13-16(7-8)3-4-17-11-14-9(2)5-10(12)15-11/h5-7H,3-4H2,1-2H3,(H2,12,14,15). The first-order valence-electron chi connectivity index (χ1n) is 5.36. The van der Waals surface area contributed by atoms with E-state index in [1.165, 1.54) is 5.56 Å². The summed E-state index contributed by atoms with van der Waals surface area (Å²) in [6, 6.07) is 1.76. The van der Waals surface area contributed by atoms with Gasteiger partial charge in [-0.15, -0.1) is 0 Å². The fourth-order valence-corrected chi connectivity index (χ4v) is 2.29. The highest BCUT2D eigenvalue weighted by Gasteiger charge is 2.01. The summed E-state index contributed by atoms with van der Waals surface area (Å²) in [4.78, 5) is 8.48. The second-order valence-electron chi connectivity index (χ2n) is 3.85. The quantitative estimate of drug-likeness (QED) is 0.659. The van der Waals surface area contributed by atoms with Gasteiger partial charge in [-0.05, 0) is 19.4 Å². The van der Waals surface area contributed by atoms with Crippen molar-refractivity contribution in [3.8, 4) is 0 Å². The van der Waals surface area contributed by atoms with Crippen LogP contribution in [0.25, 0.3) is 0 Å². The van der Waals surface area contributed by atoms with Crippen molar-refractivity contribution in [3.05, 3.63) is 29.7 Å². The molecule has 2 aromatic rings. The van der Waals surface area contributed by atoms with Gasteiger partial charge in [-0.25, -0.2) is 9.97 Å². The molecule has 0 unspecified atom stereocenters. The van der Waals surface area contributed by atoms with Crippen LogP contribution in [0.2, 0.25) is 0 Å². The van der Waals surface area contributed by atoms with Crippen LogP contribution in [-0.4, -0.2) is 25.5 Å². The molecule has 6 heteroatoms. The molecule has 90 valence electrons. The lowest BCUT2D eigenvalue weighted by atomic mass is 10.4. The predicted octanol–water partition coefficient (Wildman–Crippen LogP) is 1.66. The van der Waals surface area contributed by atoms with Crippen molar-refractivity contribution < 1.29 is 0 Å². The lowest BCUT2D eigenvalue weighted by Gasteiger charge is -2.03. The van der Waals surface area contributed by atoms with E-state index in [9.17, 15) is 0 Å². The molecule has 0 aliphatic rings. The van der Waals surface area contributed by atoms with Crippen molar-refractivity contribution >= 4 is 17.6 Å². The van der Waals surface area contributed by atoms with Gasteiger partial charge in [0, 0.05) is 23.7 Å². The number of nitrogens with two attached hydrogens (primary N) is 1. The lowest BCUT2D eigenvalue weighted by molar-refractivity contribution is 0.665. The van der Waals surface area contributed by atoms with Gasteiger partial charge in [-0.1, -0.05) is 11.8 Å². The number of thioether (sulfide) groups is 1. The normalized spacial score (nSPS) is 10.7. The van der Waals surface area contributed by atoms with Crippen molar-refractivity contribution in [3.63, 3.8) is 0 Å². The largest absolute Gasteiger partial charge is 0.384 e. The Morgan fingerprint density at radius 2 is 2.18 bits per heavy atom. The molecule has 0 atom stereocenters. The third-order valence-corrected chi connectivity index (χ3v) is 2.99. The zero-order valence-electron chi connectivity index (χ0n) is 9.92. The maximum Gasteiger partial charge on any atom is 0.189 e. The van der Waals surface area contributed by atoms with Crippen molar-refractivity contribution in [2.45, 2.75) is 25.5 Å². The zero-order valence-corrected chi connectivity index (χ0v) is 10.7. The average molecular weight is 249 g/mol. The van der Waals surface area contributed by atoms with Gasteiger partial charge < -0.3 is 5.73 Å². The summed E-state index contributed by atoms with van der Waals surface area (Å²) in [5, 5.41) is 4.95. The summed E-state index contributed by atoms with van der Waals surface area (Å²) in [6.07, 6.45) is 3.87. The first-order valence-corrected chi connectivity index (χ1v) is 6.35. The number of nitrogens with zero attached hydrogens (tertiary/aromatic N) is 4. The van der Waals surface area contributed by atoms with E-state index in [-0.39, 0.29) is 0 Å². The van der Waals surface area contributed by atoms with Crippen LogP contribution in [-0.2, 0) is 6.54 Å². The Labute approximate surface area is 104 Å². The molecule has 2 N–H and O–H groups in total. The Kier molecular flexibility index (Phi) is 3.63. The summed E-state index contributed by atoms with van der Waals surface area (Å²) >= 11 is 1.59. The Morgan fingerprint density at radius 3 is 2.82 bits per heavy atom. The van der Waals surface area contributed by atoms with Crippen LogP contribution in [0.15, 0.2) is 23.6 Å². The van der Waals surface area contributed by atoms with Gasteiger partial charge in [0.25, 0.3) is 0 Å². The Balaban J connectivity index is 1.89. The van der Waals surface area contributed by atoms with Gasteiger partial charge in [0.2, 0.25) is 0 Å². The number of anilines is 1. The van der Waals surface area contributed by atoms with E-state index in [4.69, 9.17) is 5.73 Å². The van der Waals surface area contributed by atoms with Gasteiger partial charge in [-0.2, -0.15) is 5.10 Å². The fourth-order valence-electron chi connectivity index (χ4n) is 1.45. The molecule has 0 aromatic carbocycles. The smallest absolute Gasteiger partial charge is 0.189 e. The number of hydrogen-bond acceptors (Lipinski definition) is 5. The molecule has 0 aliphatic heterocycles. The molecular formula is C11H15N5S. The predicted molar refractivity (Wildman–Crippen MR) is 68.9 cm³/mol. The molecule has 2 heterocycles. The molecule has 2 aromatic heterocycles. The maximum atomic E-state index is 5.66. The minimum Gasteiger partial charge on any atom is -0.384 e. The van der Waals surface area contributed by atoms with Crippen LogP contribution in [0.3, 0.4) is 0 Å². The molecule has 0 saturated heterocycles. The molecule has 0 aliphatic carbocycles. The van der Waals surface area contributed by atoms with Gasteiger partial charge in [0.1, 0.15) is 5.82 Å². The first-order chi connectivity index (χ1) is 8.13. The van der Waals surface area contributed by atoms with Crippen LogP contribution in [0.5, 0.6) is 0 Å². The van der Waals surface area contributed by atoms with Gasteiger partial charge >= 0.3 is 0 Å². The fraction of sp³-hybridized carbons (Fsp3) is 0.364. The van der Waals surface area contributed by atoms with E-state index in [1.54, 1.807) is 17.8 Å². The molecule has 0 fully saturated rings. The summed E-state index contributed by atoms with van der Waals surface area (Å²) in [5.41, 5.74) is 7.73. The lowest BCUT2D eigenvalue weighted by Crippen LogP contribution is -2.02. The molecule has 0 amide bonds. The van der Waals surface area contributed by atoms with Crippen LogP contribution < -0.4 is 5.73 Å². The Bertz CT molecular complexity index is 488. The molecular weight excluding hydrogens is 234 g/mol. The summed E-state index contributed by atoms with van der Waals surface area (Å²) in [5.74, 6) is 1.40. The summed E-state index contributed by atoms with van der Waals surface area (Å²) < 4.78 is 1.92. The zero-order chi connectivity index (χ0) is 12.3. The molecule has 0 radical (unpaired) electrons. The molecule has 0 bridgehead atoms. The first kappa shape index (κ1) is 11.9. The second kappa shape index (κ2) is 5.18. The van der Waals surface area contributed by atoms with E-state index in [2.05, 4.69) is 15.1 Å². The molecule has 2 rings (SSSR count). The van der Waals surface area contributed by atoms with E-state index < -0.39 is 0 Å². The Hall–Kier alpha value is -1.56. The van der Waals surface area contributed by atoms with Crippen molar-refractivity contribution in [1.82, 2.24) is 19.7 Å². The number of aromatic nitrogens is 4. The van der Waals surface area contributed by atoms with E-state index in [0.29, 0.717) is 5.82 Å². The van der Waals surface area contributed by atoms with Crippen LogP contribution in [0, 0.1) is 13.8 Å². The molecule has 5 nitrogen and oxygen atoms in total. The van der Waals surface area contributed by atoms with Gasteiger partial charge in [0.15, 0.2) is 5.16 Å². The van der Waals surface area contributed by atoms with Crippen LogP contribution >= 0.6 is 11.8 Å². The van der Waals surface area contributed by atoms with Gasteiger partial charge in [-0.3, -0.25) is 4.68 Å². The number of rotatable bonds is 4. The maximum absolute atomic E-state index is 5.66. The van der Waals surface area contributed by atoms with Crippen molar-refractivity contribution in [2.24, 2.45) is 0 Å². The van der Waals surface area contributed by atoms with Crippen molar-refractivity contribution in [1.29, 1.82) is 0 Å². The minimum absolute atomic E-state index is 0.523. The molecule has 0 spiro atoms.